The Morgan fingerprint density at radius 2 is 1.19 bits per heavy atom. The first-order valence-electron chi connectivity index (χ1n) is 14.1. The minimum atomic E-state index is -1.05. The van der Waals surface area contributed by atoms with Gasteiger partial charge in [0.25, 0.3) is 0 Å². The largest absolute Gasteiger partial charge is 0.444 e. The number of nitrogens with one attached hydrogen (secondary N) is 4. The number of aliphatic hydroxyl groups excluding tert-OH is 2. The molecular formula is C31H46N4O7. The molecule has 6 N–H and O–H groups in total. The lowest BCUT2D eigenvalue weighted by Crippen LogP contribution is -2.53. The molecule has 42 heavy (non-hydrogen) atoms. The van der Waals surface area contributed by atoms with Crippen LogP contribution in [0.4, 0.5) is 9.59 Å². The zero-order valence-electron chi connectivity index (χ0n) is 25.1. The molecule has 0 aliphatic heterocycles. The smallest absolute Gasteiger partial charge is 0.408 e. The summed E-state index contributed by atoms with van der Waals surface area (Å²) in [4.78, 5) is 35.8. The van der Waals surface area contributed by atoms with Crippen LogP contribution in [0, 0.1) is 0 Å². The number of rotatable bonds is 16. The van der Waals surface area contributed by atoms with Crippen LogP contribution in [-0.4, -0.2) is 83.9 Å². The molecule has 2 aromatic carbocycles. The van der Waals surface area contributed by atoms with Crippen LogP contribution in [0.3, 0.4) is 0 Å². The molecule has 0 fully saturated rings. The van der Waals surface area contributed by atoms with E-state index in [-0.39, 0.29) is 19.6 Å². The van der Waals surface area contributed by atoms with Gasteiger partial charge in [0.1, 0.15) is 11.2 Å². The number of alkyl carbamates (subject to hydrolysis) is 2. The number of carbonyl (C=O) groups excluding carboxylic acids is 3. The minimum absolute atomic E-state index is 0.0371. The number of benzene rings is 2. The first-order chi connectivity index (χ1) is 19.8. The van der Waals surface area contributed by atoms with E-state index < -0.39 is 47.7 Å². The average molecular weight is 587 g/mol. The fourth-order valence-electron chi connectivity index (χ4n) is 4.18. The summed E-state index contributed by atoms with van der Waals surface area (Å²) in [6, 6.07) is 17.5. The molecular weight excluding hydrogens is 540 g/mol. The van der Waals surface area contributed by atoms with Crippen molar-refractivity contribution >= 4 is 18.6 Å². The lowest BCUT2D eigenvalue weighted by Gasteiger charge is -2.29. The van der Waals surface area contributed by atoms with Gasteiger partial charge in [0.15, 0.2) is 0 Å². The van der Waals surface area contributed by atoms with E-state index in [1.807, 2.05) is 60.7 Å². The third-order valence-electron chi connectivity index (χ3n) is 6.22. The number of ether oxygens (including phenoxy) is 2. The topological polar surface area (TPSA) is 158 Å². The van der Waals surface area contributed by atoms with Crippen LogP contribution in [0.25, 0.3) is 0 Å². The second kappa shape index (κ2) is 16.7. The monoisotopic (exact) mass is 586 g/mol. The van der Waals surface area contributed by atoms with E-state index in [2.05, 4.69) is 21.3 Å². The van der Waals surface area contributed by atoms with Crippen molar-refractivity contribution in [1.82, 2.24) is 21.3 Å². The Morgan fingerprint density at radius 3 is 1.60 bits per heavy atom. The molecule has 2 aromatic rings. The van der Waals surface area contributed by atoms with Crippen LogP contribution < -0.4 is 21.3 Å². The highest BCUT2D eigenvalue weighted by atomic mass is 16.6. The molecule has 0 spiro atoms. The van der Waals surface area contributed by atoms with E-state index in [1.165, 1.54) is 0 Å². The first-order valence-corrected chi connectivity index (χ1v) is 14.1. The summed E-state index contributed by atoms with van der Waals surface area (Å²) in [5.74, 6) is 0. The van der Waals surface area contributed by atoms with Gasteiger partial charge in [-0.25, -0.2) is 9.59 Å². The molecule has 0 bridgehead atoms. The molecule has 0 aromatic heterocycles. The third-order valence-corrected chi connectivity index (χ3v) is 6.22. The van der Waals surface area contributed by atoms with E-state index in [1.54, 1.807) is 34.6 Å². The van der Waals surface area contributed by atoms with Crippen molar-refractivity contribution in [2.75, 3.05) is 19.6 Å². The maximum atomic E-state index is 12.7. The van der Waals surface area contributed by atoms with Gasteiger partial charge in [-0.15, -0.1) is 0 Å². The summed E-state index contributed by atoms with van der Waals surface area (Å²) < 4.78 is 10.9. The van der Waals surface area contributed by atoms with Gasteiger partial charge in [-0.05, 0) is 58.6 Å². The van der Waals surface area contributed by atoms with Crippen LogP contribution in [-0.2, 0) is 27.1 Å². The molecule has 0 saturated carbocycles. The fourth-order valence-corrected chi connectivity index (χ4v) is 4.18. The molecule has 232 valence electrons. The molecule has 11 heteroatoms. The molecule has 0 radical (unpaired) electrons. The molecule has 0 heterocycles. The molecule has 3 amide bonds. The second-order valence-corrected chi connectivity index (χ2v) is 11.8. The van der Waals surface area contributed by atoms with Crippen molar-refractivity contribution in [3.05, 3.63) is 71.8 Å². The lowest BCUT2D eigenvalue weighted by molar-refractivity contribution is -0.110. The van der Waals surface area contributed by atoms with E-state index in [4.69, 9.17) is 9.47 Å². The number of amides is 3. The SMILES string of the molecule is CC(C)(C)OC(=O)N[C@@H](Cc1ccccc1)[C@H](O)CNC[C@@H](O)[C@H](Cc1ccccc1)NC(=O)OC(C)(C)CNC=O. The Balaban J connectivity index is 2.04. The summed E-state index contributed by atoms with van der Waals surface area (Å²) in [6.45, 7) is 8.81. The van der Waals surface area contributed by atoms with E-state index in [0.29, 0.717) is 19.3 Å². The van der Waals surface area contributed by atoms with Gasteiger partial charge in [-0.2, -0.15) is 0 Å². The van der Waals surface area contributed by atoms with Crippen LogP contribution >= 0.6 is 0 Å². The van der Waals surface area contributed by atoms with E-state index in [9.17, 15) is 24.6 Å². The van der Waals surface area contributed by atoms with Gasteiger partial charge in [0.05, 0.1) is 30.8 Å². The maximum Gasteiger partial charge on any atom is 0.408 e. The van der Waals surface area contributed by atoms with Gasteiger partial charge in [-0.1, -0.05) is 60.7 Å². The predicted octanol–water partition coefficient (Wildman–Crippen LogP) is 2.30. The number of carbonyl (C=O) groups is 3. The summed E-state index contributed by atoms with van der Waals surface area (Å²) in [6.07, 6.45) is -2.22. The summed E-state index contributed by atoms with van der Waals surface area (Å²) in [7, 11) is 0. The van der Waals surface area contributed by atoms with Crippen molar-refractivity contribution in [1.29, 1.82) is 0 Å². The average Bonchev–Trinajstić information content (AvgIpc) is 2.91. The van der Waals surface area contributed by atoms with E-state index >= 15 is 0 Å². The molecule has 0 saturated heterocycles. The highest BCUT2D eigenvalue weighted by Crippen LogP contribution is 2.12. The van der Waals surface area contributed by atoms with Crippen LogP contribution in [0.5, 0.6) is 0 Å². The lowest BCUT2D eigenvalue weighted by atomic mass is 10.00. The van der Waals surface area contributed by atoms with Gasteiger partial charge in [-0.3, -0.25) is 4.79 Å². The number of hydrogen-bond donors (Lipinski definition) is 6. The van der Waals surface area contributed by atoms with Gasteiger partial charge in [0.2, 0.25) is 6.41 Å². The van der Waals surface area contributed by atoms with Crippen molar-refractivity contribution in [2.45, 2.75) is 83.0 Å². The van der Waals surface area contributed by atoms with Crippen molar-refractivity contribution in [3.8, 4) is 0 Å². The highest BCUT2D eigenvalue weighted by molar-refractivity contribution is 5.68. The van der Waals surface area contributed by atoms with Crippen molar-refractivity contribution < 1.29 is 34.1 Å². The van der Waals surface area contributed by atoms with Crippen LogP contribution in [0.15, 0.2) is 60.7 Å². The predicted molar refractivity (Wildman–Crippen MR) is 160 cm³/mol. The minimum Gasteiger partial charge on any atom is -0.444 e. The maximum absolute atomic E-state index is 12.7. The highest BCUT2D eigenvalue weighted by Gasteiger charge is 2.29. The van der Waals surface area contributed by atoms with Gasteiger partial charge in [0, 0.05) is 13.1 Å². The molecule has 2 rings (SSSR count). The Labute approximate surface area is 248 Å². The Kier molecular flexibility index (Phi) is 13.7. The summed E-state index contributed by atoms with van der Waals surface area (Å²) in [5.41, 5.74) is 0.157. The second-order valence-electron chi connectivity index (χ2n) is 11.8. The zero-order valence-corrected chi connectivity index (χ0v) is 25.1. The molecule has 0 aliphatic carbocycles. The fraction of sp³-hybridized carbons (Fsp3) is 0.516. The van der Waals surface area contributed by atoms with Crippen molar-refractivity contribution in [3.63, 3.8) is 0 Å². The standard InChI is InChI=1S/C31H46N4O7/c1-30(2,3)41-28(39)34-24(16-22-12-8-6-9-13-22)26(37)18-32-19-27(38)25(17-23-14-10-7-11-15-23)35-29(40)42-31(4,5)20-33-21-36/h6-15,21,24-27,32,37-38H,16-20H2,1-5H3,(H,33,36)(H,34,39)(H,35,40)/t24-,25-,26+,27+/m0/s1. The number of hydrogen-bond acceptors (Lipinski definition) is 8. The Morgan fingerprint density at radius 1 is 0.762 bits per heavy atom. The van der Waals surface area contributed by atoms with E-state index in [0.717, 1.165) is 11.1 Å². The summed E-state index contributed by atoms with van der Waals surface area (Å²) >= 11 is 0. The molecule has 0 aliphatic rings. The zero-order chi connectivity index (χ0) is 31.2. The van der Waals surface area contributed by atoms with Crippen molar-refractivity contribution in [2.24, 2.45) is 0 Å². The number of aliphatic hydroxyl groups is 2. The Bertz CT molecular complexity index is 1090. The molecule has 11 nitrogen and oxygen atoms in total. The first kappa shape index (κ1) is 34.5. The van der Waals surface area contributed by atoms with Crippen LogP contribution in [0.2, 0.25) is 0 Å². The normalized spacial score (nSPS) is 14.5. The van der Waals surface area contributed by atoms with Crippen LogP contribution in [0.1, 0.15) is 45.7 Å². The van der Waals surface area contributed by atoms with Gasteiger partial charge >= 0.3 is 12.2 Å². The van der Waals surface area contributed by atoms with Gasteiger partial charge < -0.3 is 41.0 Å². The molecule has 0 unspecified atom stereocenters. The summed E-state index contributed by atoms with van der Waals surface area (Å²) in [5, 5.41) is 33.1. The molecule has 4 atom stereocenters. The Hall–Kier alpha value is -3.67. The third kappa shape index (κ3) is 13.8. The quantitative estimate of drug-likeness (QED) is 0.164.